The number of aromatic nitrogens is 4. The second-order valence-electron chi connectivity index (χ2n) is 7.17. The van der Waals surface area contributed by atoms with Crippen molar-refractivity contribution < 1.29 is 8.42 Å². The minimum atomic E-state index is -3.69. The molecule has 9 heteroatoms. The van der Waals surface area contributed by atoms with Gasteiger partial charge in [-0.2, -0.15) is 0 Å². The molecule has 3 heterocycles. The van der Waals surface area contributed by atoms with Crippen LogP contribution < -0.4 is 10.3 Å². The summed E-state index contributed by atoms with van der Waals surface area (Å²) < 4.78 is 28.9. The number of aromatic amines is 1. The third kappa shape index (κ3) is 4.37. The van der Waals surface area contributed by atoms with E-state index in [-0.39, 0.29) is 10.5 Å². The molecule has 0 radical (unpaired) electrons. The van der Waals surface area contributed by atoms with Crippen molar-refractivity contribution in [1.82, 2.24) is 24.5 Å². The van der Waals surface area contributed by atoms with Crippen LogP contribution >= 0.6 is 0 Å². The molecule has 0 aliphatic heterocycles. The van der Waals surface area contributed by atoms with Crippen molar-refractivity contribution >= 4 is 10.0 Å². The Morgan fingerprint density at radius 3 is 2.61 bits per heavy atom. The van der Waals surface area contributed by atoms with Gasteiger partial charge in [0.15, 0.2) is 5.82 Å². The number of nitrogens with one attached hydrogen (secondary N) is 2. The predicted molar refractivity (Wildman–Crippen MR) is 106 cm³/mol. The molecule has 0 aliphatic carbocycles. The van der Waals surface area contributed by atoms with Gasteiger partial charge in [-0.1, -0.05) is 13.0 Å². The summed E-state index contributed by atoms with van der Waals surface area (Å²) in [5.41, 5.74) is 0.689. The predicted octanol–water partition coefficient (Wildman–Crippen LogP) is 2.01. The van der Waals surface area contributed by atoms with Crippen molar-refractivity contribution in [2.24, 2.45) is 0 Å². The third-order valence-corrected chi connectivity index (χ3v) is 6.20. The van der Waals surface area contributed by atoms with Gasteiger partial charge in [0.05, 0.1) is 0 Å². The van der Waals surface area contributed by atoms with Gasteiger partial charge in [0.1, 0.15) is 4.90 Å². The molecule has 8 nitrogen and oxygen atoms in total. The highest BCUT2D eigenvalue weighted by molar-refractivity contribution is 7.89. The number of hydrogen-bond acceptors (Lipinski definition) is 5. The summed E-state index contributed by atoms with van der Waals surface area (Å²) in [7, 11) is -3.69. The van der Waals surface area contributed by atoms with Crippen LogP contribution in [-0.4, -0.2) is 33.7 Å². The number of H-pyrrole nitrogens is 1. The van der Waals surface area contributed by atoms with Crippen LogP contribution in [0.25, 0.3) is 5.82 Å². The molecule has 3 rings (SSSR count). The van der Waals surface area contributed by atoms with Gasteiger partial charge in [-0.25, -0.2) is 22.8 Å². The van der Waals surface area contributed by atoms with E-state index < -0.39 is 15.6 Å². The molecule has 3 aromatic rings. The first kappa shape index (κ1) is 20.0. The molecule has 3 aromatic heterocycles. The summed E-state index contributed by atoms with van der Waals surface area (Å²) in [6.07, 6.45) is 7.34. The van der Waals surface area contributed by atoms with Crippen LogP contribution in [0.15, 0.2) is 58.7 Å². The lowest BCUT2D eigenvalue weighted by atomic mass is 10.0. The summed E-state index contributed by atoms with van der Waals surface area (Å²) in [5, 5.41) is 2.87. The van der Waals surface area contributed by atoms with Gasteiger partial charge in [-0.15, -0.1) is 0 Å². The van der Waals surface area contributed by atoms with Crippen molar-refractivity contribution in [3.8, 4) is 5.82 Å². The minimum absolute atomic E-state index is 0.0490. The van der Waals surface area contributed by atoms with Crippen molar-refractivity contribution in [2.75, 3.05) is 0 Å². The van der Waals surface area contributed by atoms with Crippen LogP contribution in [0, 0.1) is 0 Å². The Morgan fingerprint density at radius 2 is 2.00 bits per heavy atom. The summed E-state index contributed by atoms with van der Waals surface area (Å²) in [4.78, 5) is 20.9. The Hall–Kier alpha value is -2.78. The average Bonchev–Trinajstić information content (AvgIpc) is 3.02. The van der Waals surface area contributed by atoms with Crippen molar-refractivity contribution in [2.45, 2.75) is 44.0 Å². The zero-order valence-electron chi connectivity index (χ0n) is 16.0. The maximum Gasteiger partial charge on any atom is 0.276 e. The Bertz CT molecular complexity index is 1100. The highest BCUT2D eigenvalue weighted by Crippen LogP contribution is 2.15. The molecular formula is C19H23N5O3S. The van der Waals surface area contributed by atoms with Crippen LogP contribution in [-0.2, 0) is 16.4 Å². The standard InChI is InChI=1S/C19H23N5O3S/c1-4-19(2,3)23-28(26,27)16-7-8-17(21-13-16)24-18(25)15(12-22-24)10-14-6-5-9-20-11-14/h5-9,11-13,22-23H,4,10H2,1-3H3. The van der Waals surface area contributed by atoms with E-state index >= 15 is 0 Å². The van der Waals surface area contributed by atoms with E-state index in [2.05, 4.69) is 19.8 Å². The molecule has 0 spiro atoms. The van der Waals surface area contributed by atoms with Crippen LogP contribution in [0.1, 0.15) is 38.3 Å². The summed E-state index contributed by atoms with van der Waals surface area (Å²) >= 11 is 0. The second kappa shape index (κ2) is 7.69. The van der Waals surface area contributed by atoms with Crippen LogP contribution in [0.3, 0.4) is 0 Å². The van der Waals surface area contributed by atoms with E-state index in [1.54, 1.807) is 18.6 Å². The number of hydrogen-bond donors (Lipinski definition) is 2. The zero-order valence-corrected chi connectivity index (χ0v) is 16.8. The first-order valence-electron chi connectivity index (χ1n) is 8.90. The van der Waals surface area contributed by atoms with Crippen molar-refractivity contribution in [1.29, 1.82) is 0 Å². The molecule has 0 aromatic carbocycles. The van der Waals surface area contributed by atoms with E-state index in [9.17, 15) is 13.2 Å². The molecule has 2 N–H and O–H groups in total. The number of nitrogens with zero attached hydrogens (tertiary/aromatic N) is 3. The minimum Gasteiger partial charge on any atom is -0.296 e. The van der Waals surface area contributed by atoms with Gasteiger partial charge in [0.2, 0.25) is 10.0 Å². The zero-order chi connectivity index (χ0) is 20.4. The van der Waals surface area contributed by atoms with Gasteiger partial charge in [0, 0.05) is 42.3 Å². The summed E-state index contributed by atoms with van der Waals surface area (Å²) in [6.45, 7) is 5.54. The molecule has 0 saturated heterocycles. The largest absolute Gasteiger partial charge is 0.296 e. The van der Waals surface area contributed by atoms with E-state index in [1.165, 1.54) is 23.0 Å². The van der Waals surface area contributed by atoms with E-state index in [4.69, 9.17) is 0 Å². The molecule has 0 aliphatic rings. The summed E-state index contributed by atoms with van der Waals surface area (Å²) in [5.74, 6) is 0.316. The normalized spacial score (nSPS) is 12.2. The van der Waals surface area contributed by atoms with Gasteiger partial charge >= 0.3 is 0 Å². The second-order valence-corrected chi connectivity index (χ2v) is 8.85. The number of rotatable bonds is 7. The van der Waals surface area contributed by atoms with E-state index in [0.717, 1.165) is 5.56 Å². The molecule has 0 unspecified atom stereocenters. The van der Waals surface area contributed by atoms with Crippen LogP contribution in [0.4, 0.5) is 0 Å². The Balaban J connectivity index is 1.84. The highest BCUT2D eigenvalue weighted by atomic mass is 32.2. The fraction of sp³-hybridized carbons (Fsp3) is 0.316. The molecule has 0 saturated carbocycles. The summed E-state index contributed by atoms with van der Waals surface area (Å²) in [6, 6.07) is 6.64. The lowest BCUT2D eigenvalue weighted by molar-refractivity contribution is 0.439. The average molecular weight is 401 g/mol. The fourth-order valence-corrected chi connectivity index (χ4v) is 4.01. The first-order chi connectivity index (χ1) is 13.2. The van der Waals surface area contributed by atoms with Crippen molar-refractivity contribution in [3.05, 3.63) is 70.5 Å². The Morgan fingerprint density at radius 1 is 1.21 bits per heavy atom. The molecule has 0 amide bonds. The molecule has 0 bridgehead atoms. The molecule has 148 valence electrons. The highest BCUT2D eigenvalue weighted by Gasteiger charge is 2.25. The molecular weight excluding hydrogens is 378 g/mol. The quantitative estimate of drug-likeness (QED) is 0.629. The van der Waals surface area contributed by atoms with E-state index in [0.29, 0.717) is 24.2 Å². The van der Waals surface area contributed by atoms with Crippen LogP contribution in [0.2, 0.25) is 0 Å². The third-order valence-electron chi connectivity index (χ3n) is 4.52. The van der Waals surface area contributed by atoms with Gasteiger partial charge in [-0.3, -0.25) is 14.9 Å². The molecule has 28 heavy (non-hydrogen) atoms. The molecule has 0 atom stereocenters. The van der Waals surface area contributed by atoms with Crippen molar-refractivity contribution in [3.63, 3.8) is 0 Å². The topological polar surface area (TPSA) is 110 Å². The van der Waals surface area contributed by atoms with Crippen LogP contribution in [0.5, 0.6) is 0 Å². The van der Waals surface area contributed by atoms with E-state index in [1.807, 2.05) is 32.9 Å². The monoisotopic (exact) mass is 401 g/mol. The lowest BCUT2D eigenvalue weighted by Gasteiger charge is -2.24. The fourth-order valence-electron chi connectivity index (χ4n) is 2.58. The Labute approximate surface area is 163 Å². The maximum atomic E-state index is 12.6. The molecule has 0 fully saturated rings. The SMILES string of the molecule is CCC(C)(C)NS(=O)(=O)c1ccc(-n2[nH]cc(Cc3cccnc3)c2=O)nc1. The Kier molecular flexibility index (Phi) is 5.48. The maximum absolute atomic E-state index is 12.6. The van der Waals surface area contributed by atoms with Gasteiger partial charge in [0.25, 0.3) is 5.56 Å². The smallest absolute Gasteiger partial charge is 0.276 e. The number of sulfonamides is 1. The number of pyridine rings is 2. The van der Waals surface area contributed by atoms with Gasteiger partial charge < -0.3 is 0 Å². The van der Waals surface area contributed by atoms with Gasteiger partial charge in [-0.05, 0) is 44.0 Å². The lowest BCUT2D eigenvalue weighted by Crippen LogP contribution is -2.42. The first-order valence-corrected chi connectivity index (χ1v) is 10.4.